The fourth-order valence-electron chi connectivity index (χ4n) is 3.45. The van der Waals surface area contributed by atoms with Crippen molar-refractivity contribution in [2.75, 3.05) is 39.4 Å². The Hall–Kier alpha value is -0.910. The molecule has 0 aliphatic carbocycles. The van der Waals surface area contributed by atoms with Gasteiger partial charge in [0.15, 0.2) is 0 Å². The monoisotopic (exact) mass is 322 g/mol. The molecule has 2 saturated heterocycles. The molecule has 1 aromatic heterocycles. The van der Waals surface area contributed by atoms with Crippen LogP contribution in [0.15, 0.2) is 17.5 Å². The van der Waals surface area contributed by atoms with Gasteiger partial charge in [0.25, 0.3) is 0 Å². The zero-order valence-electron chi connectivity index (χ0n) is 13.2. The van der Waals surface area contributed by atoms with Crippen LogP contribution in [0, 0.1) is 0 Å². The molecule has 4 nitrogen and oxygen atoms in total. The van der Waals surface area contributed by atoms with Crippen molar-refractivity contribution in [2.45, 2.75) is 38.1 Å². The molecule has 2 aliphatic heterocycles. The van der Waals surface area contributed by atoms with Crippen molar-refractivity contribution < 1.29 is 9.53 Å². The molecule has 22 heavy (non-hydrogen) atoms. The lowest BCUT2D eigenvalue weighted by Crippen LogP contribution is -2.46. The molecule has 3 heterocycles. The Labute approximate surface area is 137 Å². The largest absolute Gasteiger partial charge is 0.379 e. The maximum absolute atomic E-state index is 12.5. The van der Waals surface area contributed by atoms with Crippen LogP contribution in [0.4, 0.5) is 0 Å². The zero-order chi connectivity index (χ0) is 15.2. The van der Waals surface area contributed by atoms with E-state index in [4.69, 9.17) is 4.74 Å². The Balaban J connectivity index is 1.43. The molecular formula is C17H26N2O2S. The summed E-state index contributed by atoms with van der Waals surface area (Å²) >= 11 is 1.79. The predicted molar refractivity (Wildman–Crippen MR) is 89.3 cm³/mol. The standard InChI is InChI=1S/C17H26N2O2S/c20-17(7-1-5-16-6-3-13-22-16)19-8-2-4-15(19)14-18-9-11-21-12-10-18/h3,6,13,15H,1-2,4-5,7-12,14H2. The van der Waals surface area contributed by atoms with Gasteiger partial charge in [-0.3, -0.25) is 9.69 Å². The smallest absolute Gasteiger partial charge is 0.222 e. The number of aryl methyl sites for hydroxylation is 1. The van der Waals surface area contributed by atoms with Crippen LogP contribution in [-0.2, 0) is 16.0 Å². The van der Waals surface area contributed by atoms with Crippen LogP contribution in [0.25, 0.3) is 0 Å². The number of hydrogen-bond acceptors (Lipinski definition) is 4. The summed E-state index contributed by atoms with van der Waals surface area (Å²) in [6.07, 6.45) is 5.02. The van der Waals surface area contributed by atoms with E-state index in [1.165, 1.54) is 4.88 Å². The molecular weight excluding hydrogens is 296 g/mol. The average molecular weight is 322 g/mol. The molecule has 0 N–H and O–H groups in total. The lowest BCUT2D eigenvalue weighted by atomic mass is 10.1. The van der Waals surface area contributed by atoms with E-state index in [0.717, 1.165) is 65.1 Å². The molecule has 1 amide bonds. The molecule has 2 fully saturated rings. The Kier molecular flexibility index (Phi) is 5.87. The summed E-state index contributed by atoms with van der Waals surface area (Å²) in [5.41, 5.74) is 0. The van der Waals surface area contributed by atoms with E-state index < -0.39 is 0 Å². The van der Waals surface area contributed by atoms with Crippen molar-refractivity contribution in [3.63, 3.8) is 0 Å². The van der Waals surface area contributed by atoms with Gasteiger partial charge >= 0.3 is 0 Å². The summed E-state index contributed by atoms with van der Waals surface area (Å²) in [6.45, 7) is 5.67. The van der Waals surface area contributed by atoms with E-state index in [1.54, 1.807) is 11.3 Å². The van der Waals surface area contributed by atoms with Gasteiger partial charge in [0.1, 0.15) is 0 Å². The summed E-state index contributed by atoms with van der Waals surface area (Å²) in [4.78, 5) is 18.5. The lowest BCUT2D eigenvalue weighted by Gasteiger charge is -2.33. The molecule has 0 radical (unpaired) electrons. The molecule has 0 spiro atoms. The zero-order valence-corrected chi connectivity index (χ0v) is 14.0. The summed E-state index contributed by atoms with van der Waals surface area (Å²) < 4.78 is 5.41. The van der Waals surface area contributed by atoms with Crippen LogP contribution in [0.2, 0.25) is 0 Å². The van der Waals surface area contributed by atoms with Gasteiger partial charge in [0.2, 0.25) is 5.91 Å². The molecule has 1 aromatic rings. The Morgan fingerprint density at radius 3 is 2.95 bits per heavy atom. The minimum Gasteiger partial charge on any atom is -0.379 e. The highest BCUT2D eigenvalue weighted by atomic mass is 32.1. The number of likely N-dealkylation sites (tertiary alicyclic amines) is 1. The van der Waals surface area contributed by atoms with Crippen LogP contribution in [0.5, 0.6) is 0 Å². The minimum absolute atomic E-state index is 0.354. The van der Waals surface area contributed by atoms with Crippen LogP contribution in [0.1, 0.15) is 30.6 Å². The molecule has 122 valence electrons. The van der Waals surface area contributed by atoms with Crippen molar-refractivity contribution in [3.05, 3.63) is 22.4 Å². The second-order valence-electron chi connectivity index (χ2n) is 6.23. The number of amides is 1. The highest BCUT2D eigenvalue weighted by Crippen LogP contribution is 2.21. The van der Waals surface area contributed by atoms with E-state index in [2.05, 4.69) is 27.3 Å². The van der Waals surface area contributed by atoms with Gasteiger partial charge in [-0.2, -0.15) is 0 Å². The number of rotatable bonds is 6. The highest BCUT2D eigenvalue weighted by Gasteiger charge is 2.30. The second-order valence-corrected chi connectivity index (χ2v) is 7.26. The quantitative estimate of drug-likeness (QED) is 0.806. The molecule has 0 bridgehead atoms. The Morgan fingerprint density at radius 2 is 2.18 bits per heavy atom. The third kappa shape index (κ3) is 4.31. The summed E-state index contributed by atoms with van der Waals surface area (Å²) in [5.74, 6) is 0.354. The number of morpholine rings is 1. The number of nitrogens with zero attached hydrogens (tertiary/aromatic N) is 2. The summed E-state index contributed by atoms with van der Waals surface area (Å²) in [5, 5.41) is 2.11. The molecule has 1 unspecified atom stereocenters. The lowest BCUT2D eigenvalue weighted by molar-refractivity contribution is -0.132. The van der Waals surface area contributed by atoms with Crippen molar-refractivity contribution in [1.82, 2.24) is 9.80 Å². The Bertz CT molecular complexity index is 457. The van der Waals surface area contributed by atoms with Crippen molar-refractivity contribution in [1.29, 1.82) is 0 Å². The average Bonchev–Trinajstić information content (AvgIpc) is 3.20. The van der Waals surface area contributed by atoms with Crippen LogP contribution >= 0.6 is 11.3 Å². The van der Waals surface area contributed by atoms with E-state index in [0.29, 0.717) is 18.4 Å². The van der Waals surface area contributed by atoms with Gasteiger partial charge < -0.3 is 9.64 Å². The van der Waals surface area contributed by atoms with E-state index in [1.807, 2.05) is 0 Å². The SMILES string of the molecule is O=C(CCCc1cccs1)N1CCCC1CN1CCOCC1. The number of hydrogen-bond donors (Lipinski definition) is 0. The normalized spacial score (nSPS) is 23.1. The maximum Gasteiger partial charge on any atom is 0.222 e. The van der Waals surface area contributed by atoms with E-state index in [9.17, 15) is 4.79 Å². The predicted octanol–water partition coefficient (Wildman–Crippen LogP) is 2.39. The van der Waals surface area contributed by atoms with Gasteiger partial charge in [-0.15, -0.1) is 11.3 Å². The fourth-order valence-corrected chi connectivity index (χ4v) is 4.20. The van der Waals surface area contributed by atoms with E-state index >= 15 is 0 Å². The first-order valence-corrected chi connectivity index (χ1v) is 9.33. The van der Waals surface area contributed by atoms with Crippen LogP contribution in [0.3, 0.4) is 0 Å². The third-order valence-corrected chi connectivity index (χ3v) is 5.60. The fraction of sp³-hybridized carbons (Fsp3) is 0.706. The van der Waals surface area contributed by atoms with Gasteiger partial charge in [-0.1, -0.05) is 6.07 Å². The topological polar surface area (TPSA) is 32.8 Å². The molecule has 1 atom stereocenters. The highest BCUT2D eigenvalue weighted by molar-refractivity contribution is 7.09. The first-order valence-electron chi connectivity index (χ1n) is 8.45. The van der Waals surface area contributed by atoms with Crippen molar-refractivity contribution >= 4 is 17.2 Å². The first-order chi connectivity index (χ1) is 10.8. The molecule has 2 aliphatic rings. The number of carbonyl (C=O) groups is 1. The number of carbonyl (C=O) groups excluding carboxylic acids is 1. The molecule has 0 saturated carbocycles. The van der Waals surface area contributed by atoms with Gasteiger partial charge in [-0.25, -0.2) is 0 Å². The molecule has 3 rings (SSSR count). The van der Waals surface area contributed by atoms with Crippen LogP contribution < -0.4 is 0 Å². The summed E-state index contributed by atoms with van der Waals surface area (Å²) in [7, 11) is 0. The second kappa shape index (κ2) is 8.09. The number of thiophene rings is 1. The maximum atomic E-state index is 12.5. The van der Waals surface area contributed by atoms with E-state index in [-0.39, 0.29) is 0 Å². The molecule has 5 heteroatoms. The first kappa shape index (κ1) is 16.0. The minimum atomic E-state index is 0.354. The van der Waals surface area contributed by atoms with Gasteiger partial charge in [0, 0.05) is 43.5 Å². The Morgan fingerprint density at radius 1 is 1.32 bits per heavy atom. The third-order valence-electron chi connectivity index (χ3n) is 4.66. The van der Waals surface area contributed by atoms with Crippen LogP contribution in [-0.4, -0.2) is 61.1 Å². The van der Waals surface area contributed by atoms with Crippen molar-refractivity contribution in [2.24, 2.45) is 0 Å². The molecule has 0 aromatic carbocycles. The van der Waals surface area contributed by atoms with Gasteiger partial charge in [-0.05, 0) is 37.1 Å². The summed E-state index contributed by atoms with van der Waals surface area (Å²) in [6, 6.07) is 4.67. The van der Waals surface area contributed by atoms with Gasteiger partial charge in [0.05, 0.1) is 13.2 Å². The number of ether oxygens (including phenoxy) is 1. The van der Waals surface area contributed by atoms with Crippen molar-refractivity contribution in [3.8, 4) is 0 Å².